The van der Waals surface area contributed by atoms with E-state index in [4.69, 9.17) is 4.74 Å². The number of hydrogen-bond acceptors (Lipinski definition) is 6. The van der Waals surface area contributed by atoms with Crippen LogP contribution in [0.2, 0.25) is 0 Å². The molecule has 0 bridgehead atoms. The number of nitrogens with zero attached hydrogens (tertiary/aromatic N) is 2. The Morgan fingerprint density at radius 2 is 2.00 bits per heavy atom. The van der Waals surface area contributed by atoms with Crippen molar-refractivity contribution in [1.29, 1.82) is 0 Å². The molecule has 8 nitrogen and oxygen atoms in total. The van der Waals surface area contributed by atoms with Crippen LogP contribution in [-0.4, -0.2) is 41.1 Å². The minimum absolute atomic E-state index is 0.113. The van der Waals surface area contributed by atoms with Crippen molar-refractivity contribution < 1.29 is 14.3 Å². The molecule has 0 aliphatic rings. The predicted octanol–water partition coefficient (Wildman–Crippen LogP) is 2.93. The Labute approximate surface area is 180 Å². The van der Waals surface area contributed by atoms with Crippen LogP contribution in [0.1, 0.15) is 43.8 Å². The molecule has 30 heavy (non-hydrogen) atoms. The highest BCUT2D eigenvalue weighted by Crippen LogP contribution is 2.21. The summed E-state index contributed by atoms with van der Waals surface area (Å²) in [5, 5.41) is 8.71. The van der Waals surface area contributed by atoms with Crippen molar-refractivity contribution in [3.63, 3.8) is 0 Å². The van der Waals surface area contributed by atoms with Gasteiger partial charge in [-0.15, -0.1) is 0 Å². The third-order valence-electron chi connectivity index (χ3n) is 3.80. The highest BCUT2D eigenvalue weighted by Gasteiger charge is 2.20. The Balaban J connectivity index is 1.91. The number of pyridine rings is 1. The van der Waals surface area contributed by atoms with Crippen molar-refractivity contribution in [2.24, 2.45) is 5.92 Å². The topological polar surface area (TPSA) is 105 Å². The van der Waals surface area contributed by atoms with Crippen LogP contribution in [0.5, 0.6) is 5.88 Å². The number of anilines is 1. The van der Waals surface area contributed by atoms with Gasteiger partial charge in [0.05, 0.1) is 18.7 Å². The standard InChI is InChI=1S/C21H27N5O3S/c1-13(18(27)26-21(3,4)5)11-23-19(28)25-20-24-14(2)16(30-20)9-7-15-8-10-17(29-6)22-12-15/h8,10,12-13H,11H2,1-6H3,(H,26,27)(H2,23,24,25,28). The molecule has 0 saturated carbocycles. The Hall–Kier alpha value is -3.12. The fraction of sp³-hybridized carbons (Fsp3) is 0.429. The summed E-state index contributed by atoms with van der Waals surface area (Å²) in [6, 6.07) is 3.14. The highest BCUT2D eigenvalue weighted by atomic mass is 32.1. The highest BCUT2D eigenvalue weighted by molar-refractivity contribution is 7.16. The molecule has 2 rings (SSSR count). The number of nitrogens with one attached hydrogen (secondary N) is 3. The molecule has 0 aliphatic heterocycles. The van der Waals surface area contributed by atoms with Crippen molar-refractivity contribution in [2.45, 2.75) is 40.2 Å². The van der Waals surface area contributed by atoms with Crippen molar-refractivity contribution in [3.8, 4) is 17.7 Å². The first-order valence-corrected chi connectivity index (χ1v) is 10.3. The summed E-state index contributed by atoms with van der Waals surface area (Å²) in [6.45, 7) is 9.54. The second-order valence-electron chi connectivity index (χ2n) is 7.75. The number of methoxy groups -OCH3 is 1. The van der Waals surface area contributed by atoms with Crippen LogP contribution in [0.25, 0.3) is 0 Å². The lowest BCUT2D eigenvalue weighted by Crippen LogP contribution is -2.46. The number of hydrogen-bond donors (Lipinski definition) is 3. The average Bonchev–Trinajstić information content (AvgIpc) is 3.02. The van der Waals surface area contributed by atoms with E-state index in [1.54, 1.807) is 26.3 Å². The summed E-state index contributed by atoms with van der Waals surface area (Å²) < 4.78 is 5.02. The van der Waals surface area contributed by atoms with E-state index in [1.807, 2.05) is 33.8 Å². The van der Waals surface area contributed by atoms with Gasteiger partial charge in [-0.2, -0.15) is 0 Å². The second kappa shape index (κ2) is 10.1. The lowest BCUT2D eigenvalue weighted by Gasteiger charge is -2.23. The van der Waals surface area contributed by atoms with E-state index in [2.05, 4.69) is 37.8 Å². The van der Waals surface area contributed by atoms with Crippen molar-refractivity contribution in [2.75, 3.05) is 19.0 Å². The number of amides is 3. The first-order valence-electron chi connectivity index (χ1n) is 9.44. The Kier molecular flexibility index (Phi) is 7.78. The van der Waals surface area contributed by atoms with E-state index in [9.17, 15) is 9.59 Å². The molecule has 0 aliphatic carbocycles. The molecule has 3 N–H and O–H groups in total. The average molecular weight is 430 g/mol. The van der Waals surface area contributed by atoms with Crippen LogP contribution in [0, 0.1) is 24.7 Å². The van der Waals surface area contributed by atoms with E-state index in [-0.39, 0.29) is 23.9 Å². The van der Waals surface area contributed by atoms with Gasteiger partial charge in [0, 0.05) is 29.9 Å². The minimum atomic E-state index is -0.418. The third-order valence-corrected chi connectivity index (χ3v) is 4.79. The lowest BCUT2D eigenvalue weighted by molar-refractivity contribution is -0.125. The maximum Gasteiger partial charge on any atom is 0.321 e. The molecule has 2 aromatic heterocycles. The molecule has 160 valence electrons. The normalized spacial score (nSPS) is 11.7. The summed E-state index contributed by atoms with van der Waals surface area (Å²) >= 11 is 1.28. The molecule has 2 heterocycles. The number of ether oxygens (including phenoxy) is 1. The second-order valence-corrected chi connectivity index (χ2v) is 8.75. The fourth-order valence-electron chi connectivity index (χ4n) is 2.24. The van der Waals surface area contributed by atoms with Gasteiger partial charge in [0.25, 0.3) is 0 Å². The zero-order valence-corrected chi connectivity index (χ0v) is 18.9. The van der Waals surface area contributed by atoms with Crippen LogP contribution in [0.15, 0.2) is 18.3 Å². The summed E-state index contributed by atoms with van der Waals surface area (Å²) in [5.74, 6) is 6.13. The van der Waals surface area contributed by atoms with Gasteiger partial charge in [-0.3, -0.25) is 10.1 Å². The molecule has 0 aromatic carbocycles. The summed E-state index contributed by atoms with van der Waals surface area (Å²) in [5.41, 5.74) is 1.16. The smallest absolute Gasteiger partial charge is 0.321 e. The SMILES string of the molecule is COc1ccc(C#Cc2sc(NC(=O)NCC(C)C(=O)NC(C)(C)C)nc2C)cn1. The Morgan fingerprint density at radius 3 is 2.60 bits per heavy atom. The quantitative estimate of drug-likeness (QED) is 0.634. The fourth-order valence-corrected chi connectivity index (χ4v) is 3.06. The van der Waals surface area contributed by atoms with Crippen LogP contribution in [0.3, 0.4) is 0 Å². The van der Waals surface area contributed by atoms with Gasteiger partial charge in [0.1, 0.15) is 4.88 Å². The maximum atomic E-state index is 12.1. The molecule has 0 spiro atoms. The molecule has 0 saturated heterocycles. The molecule has 3 amide bonds. The maximum absolute atomic E-state index is 12.1. The predicted molar refractivity (Wildman–Crippen MR) is 118 cm³/mol. The molecule has 0 fully saturated rings. The number of urea groups is 1. The van der Waals surface area contributed by atoms with Gasteiger partial charge in [-0.1, -0.05) is 24.2 Å². The molecular formula is C21H27N5O3S. The molecule has 0 radical (unpaired) electrons. The first kappa shape index (κ1) is 23.2. The molecule has 2 aromatic rings. The van der Waals surface area contributed by atoms with Gasteiger partial charge in [-0.25, -0.2) is 14.8 Å². The summed E-state index contributed by atoms with van der Waals surface area (Å²) in [6.07, 6.45) is 1.63. The number of carbonyl (C=O) groups is 2. The van der Waals surface area contributed by atoms with E-state index < -0.39 is 6.03 Å². The van der Waals surface area contributed by atoms with Crippen LogP contribution in [0.4, 0.5) is 9.93 Å². The van der Waals surface area contributed by atoms with Gasteiger partial charge >= 0.3 is 6.03 Å². The Morgan fingerprint density at radius 1 is 1.27 bits per heavy atom. The van der Waals surface area contributed by atoms with Crippen molar-refractivity contribution in [1.82, 2.24) is 20.6 Å². The number of carbonyl (C=O) groups excluding carboxylic acids is 2. The van der Waals surface area contributed by atoms with E-state index in [0.717, 1.165) is 16.1 Å². The van der Waals surface area contributed by atoms with Gasteiger partial charge in [0.15, 0.2) is 5.13 Å². The minimum Gasteiger partial charge on any atom is -0.481 e. The molecule has 1 atom stereocenters. The number of rotatable bonds is 5. The number of thiazole rings is 1. The number of aryl methyl sites for hydroxylation is 1. The van der Waals surface area contributed by atoms with Crippen molar-refractivity contribution in [3.05, 3.63) is 34.5 Å². The largest absolute Gasteiger partial charge is 0.481 e. The van der Waals surface area contributed by atoms with Gasteiger partial charge < -0.3 is 15.4 Å². The zero-order chi connectivity index (χ0) is 22.3. The van der Waals surface area contributed by atoms with Gasteiger partial charge in [-0.05, 0) is 39.7 Å². The lowest BCUT2D eigenvalue weighted by atomic mass is 10.1. The Bertz CT molecular complexity index is 952. The monoisotopic (exact) mass is 429 g/mol. The summed E-state index contributed by atoms with van der Waals surface area (Å²) in [4.78, 5) is 33.4. The zero-order valence-electron chi connectivity index (χ0n) is 18.0. The third kappa shape index (κ3) is 7.37. The van der Waals surface area contributed by atoms with E-state index in [1.165, 1.54) is 11.3 Å². The van der Waals surface area contributed by atoms with Crippen molar-refractivity contribution >= 4 is 28.4 Å². The summed E-state index contributed by atoms with van der Waals surface area (Å²) in [7, 11) is 1.56. The van der Waals surface area contributed by atoms with Crippen LogP contribution >= 0.6 is 11.3 Å². The van der Waals surface area contributed by atoms with Crippen LogP contribution < -0.4 is 20.7 Å². The van der Waals surface area contributed by atoms with Gasteiger partial charge in [0.2, 0.25) is 11.8 Å². The molecule has 9 heteroatoms. The van der Waals surface area contributed by atoms with Crippen LogP contribution in [-0.2, 0) is 4.79 Å². The van der Waals surface area contributed by atoms with E-state index >= 15 is 0 Å². The van der Waals surface area contributed by atoms with E-state index in [0.29, 0.717) is 11.0 Å². The molecule has 1 unspecified atom stereocenters. The molecular weight excluding hydrogens is 402 g/mol. The number of aromatic nitrogens is 2. The first-order chi connectivity index (χ1) is 14.1.